The van der Waals surface area contributed by atoms with E-state index in [1.165, 1.54) is 5.56 Å². The number of pyridine rings is 1. The number of aromatic nitrogens is 3. The molecule has 2 fully saturated rings. The Morgan fingerprint density at radius 3 is 2.50 bits per heavy atom. The second kappa shape index (κ2) is 9.16. The molecule has 5 rings (SSSR count). The highest BCUT2D eigenvalue weighted by atomic mass is 35.5. The first-order valence-corrected chi connectivity index (χ1v) is 9.72. The molecule has 0 saturated carbocycles. The molecule has 6 nitrogen and oxygen atoms in total. The number of nitrogens with one attached hydrogen (secondary N) is 1. The molecule has 0 bridgehead atoms. The standard InChI is InChI=1S/C22H23N5O.2ClH/c1-26-12-16-13-27(14-17(16)21(26)15-7-3-2-4-8-15)22(28)20-11-19(24-25-20)18-9-5-6-10-23-18;;/h2-11,16-17,21H,12-14H2,1H3,(H,24,25);2*1H/t16-,17+,21-;;/m0../s1. The predicted molar refractivity (Wildman–Crippen MR) is 121 cm³/mol. The highest BCUT2D eigenvalue weighted by Crippen LogP contribution is 2.44. The fourth-order valence-electron chi connectivity index (χ4n) is 4.82. The molecule has 3 aromatic rings. The van der Waals surface area contributed by atoms with Crippen molar-refractivity contribution < 1.29 is 4.79 Å². The largest absolute Gasteiger partial charge is 0.337 e. The summed E-state index contributed by atoms with van der Waals surface area (Å²) < 4.78 is 0. The fourth-order valence-corrected chi connectivity index (χ4v) is 4.82. The third-order valence-electron chi connectivity index (χ3n) is 6.06. The van der Waals surface area contributed by atoms with Crippen molar-refractivity contribution in [1.29, 1.82) is 0 Å². The number of hydrogen-bond donors (Lipinski definition) is 1. The first-order chi connectivity index (χ1) is 13.7. The van der Waals surface area contributed by atoms with Gasteiger partial charge in [-0.2, -0.15) is 5.10 Å². The van der Waals surface area contributed by atoms with E-state index in [1.807, 2.05) is 23.1 Å². The zero-order valence-corrected chi connectivity index (χ0v) is 18.3. The highest BCUT2D eigenvalue weighted by Gasteiger charge is 2.47. The predicted octanol–water partition coefficient (Wildman–Crippen LogP) is 3.69. The zero-order valence-electron chi connectivity index (χ0n) is 16.6. The van der Waals surface area contributed by atoms with E-state index in [-0.39, 0.29) is 30.7 Å². The molecule has 8 heteroatoms. The van der Waals surface area contributed by atoms with E-state index >= 15 is 0 Å². The van der Waals surface area contributed by atoms with Crippen molar-refractivity contribution >= 4 is 30.7 Å². The van der Waals surface area contributed by atoms with Gasteiger partial charge in [0.2, 0.25) is 0 Å². The Morgan fingerprint density at radius 1 is 1.00 bits per heavy atom. The average Bonchev–Trinajstić information content (AvgIpc) is 3.43. The Labute approximate surface area is 188 Å². The first-order valence-electron chi connectivity index (χ1n) is 9.72. The number of aromatic amines is 1. The summed E-state index contributed by atoms with van der Waals surface area (Å²) in [5.74, 6) is 1.01. The lowest BCUT2D eigenvalue weighted by Gasteiger charge is -2.26. The second-order valence-corrected chi connectivity index (χ2v) is 7.81. The fraction of sp³-hybridized carbons (Fsp3) is 0.318. The summed E-state index contributed by atoms with van der Waals surface area (Å²) in [7, 11) is 2.19. The molecule has 2 saturated heterocycles. The second-order valence-electron chi connectivity index (χ2n) is 7.81. The maximum Gasteiger partial charge on any atom is 0.271 e. The van der Waals surface area contributed by atoms with Crippen molar-refractivity contribution in [2.24, 2.45) is 11.8 Å². The summed E-state index contributed by atoms with van der Waals surface area (Å²) in [6, 6.07) is 18.5. The van der Waals surface area contributed by atoms with E-state index in [4.69, 9.17) is 0 Å². The molecule has 2 aliphatic rings. The normalized spacial score (nSPS) is 22.8. The summed E-state index contributed by atoms with van der Waals surface area (Å²) >= 11 is 0. The first kappa shape index (κ1) is 22.3. The van der Waals surface area contributed by atoms with E-state index in [1.54, 1.807) is 12.3 Å². The third kappa shape index (κ3) is 3.95. The van der Waals surface area contributed by atoms with Crippen molar-refractivity contribution in [3.05, 3.63) is 72.1 Å². The van der Waals surface area contributed by atoms with Crippen LogP contribution in [0.2, 0.25) is 0 Å². The van der Waals surface area contributed by atoms with Gasteiger partial charge in [-0.15, -0.1) is 24.8 Å². The van der Waals surface area contributed by atoms with E-state index in [9.17, 15) is 4.79 Å². The van der Waals surface area contributed by atoms with Crippen molar-refractivity contribution in [3.63, 3.8) is 0 Å². The topological polar surface area (TPSA) is 65.1 Å². The van der Waals surface area contributed by atoms with Crippen LogP contribution < -0.4 is 0 Å². The summed E-state index contributed by atoms with van der Waals surface area (Å²) in [6.07, 6.45) is 1.73. The number of amides is 1. The van der Waals surface area contributed by atoms with Crippen molar-refractivity contribution in [3.8, 4) is 11.4 Å². The lowest BCUT2D eigenvalue weighted by Crippen LogP contribution is -2.33. The number of likely N-dealkylation sites (tertiary alicyclic amines) is 2. The number of nitrogens with zero attached hydrogens (tertiary/aromatic N) is 4. The molecule has 4 heterocycles. The SMILES string of the molecule is CN1C[C@H]2CN(C(=O)c3cc(-c4ccccn4)n[nH]3)C[C@H]2[C@@H]1c1ccccc1.Cl.Cl. The van der Waals surface area contributed by atoms with E-state index in [0.717, 1.165) is 25.3 Å². The zero-order chi connectivity index (χ0) is 19.1. The van der Waals surface area contributed by atoms with E-state index in [2.05, 4.69) is 57.5 Å². The van der Waals surface area contributed by atoms with Gasteiger partial charge in [0.15, 0.2) is 0 Å². The molecule has 158 valence electrons. The Kier molecular flexibility index (Phi) is 6.81. The number of rotatable bonds is 3. The molecule has 30 heavy (non-hydrogen) atoms. The third-order valence-corrected chi connectivity index (χ3v) is 6.06. The van der Waals surface area contributed by atoms with Gasteiger partial charge in [-0.1, -0.05) is 36.4 Å². The van der Waals surface area contributed by atoms with Gasteiger partial charge in [0.25, 0.3) is 5.91 Å². The van der Waals surface area contributed by atoms with Gasteiger partial charge < -0.3 is 4.90 Å². The molecule has 0 radical (unpaired) electrons. The van der Waals surface area contributed by atoms with Gasteiger partial charge in [-0.25, -0.2) is 0 Å². The Hall–Kier alpha value is -2.41. The van der Waals surface area contributed by atoms with Crippen LogP contribution in [0.5, 0.6) is 0 Å². The summed E-state index contributed by atoms with van der Waals surface area (Å²) in [4.78, 5) is 21.8. The Bertz CT molecular complexity index is 981. The van der Waals surface area contributed by atoms with Crippen LogP contribution in [0.4, 0.5) is 0 Å². The molecule has 0 aliphatic carbocycles. The van der Waals surface area contributed by atoms with E-state index in [0.29, 0.717) is 29.3 Å². The molecule has 1 N–H and O–H groups in total. The van der Waals surface area contributed by atoms with Gasteiger partial charge in [0, 0.05) is 37.8 Å². The molecule has 0 unspecified atom stereocenters. The summed E-state index contributed by atoms with van der Waals surface area (Å²) in [6.45, 7) is 2.61. The molecule has 1 amide bonds. The van der Waals surface area contributed by atoms with Crippen LogP contribution in [0.15, 0.2) is 60.8 Å². The van der Waals surface area contributed by atoms with Crippen LogP contribution >= 0.6 is 24.8 Å². The number of carbonyl (C=O) groups excluding carboxylic acids is 1. The number of fused-ring (bicyclic) bond motifs is 1. The van der Waals surface area contributed by atoms with E-state index < -0.39 is 0 Å². The molecule has 2 aliphatic heterocycles. The number of halogens is 2. The molecule has 1 aromatic carbocycles. The molecular weight excluding hydrogens is 421 g/mol. The van der Waals surface area contributed by atoms with Gasteiger partial charge in [-0.3, -0.25) is 19.8 Å². The Balaban J connectivity index is 0.00000128. The van der Waals surface area contributed by atoms with Crippen LogP contribution in [-0.4, -0.2) is 57.6 Å². The van der Waals surface area contributed by atoms with Gasteiger partial charge >= 0.3 is 0 Å². The maximum atomic E-state index is 13.1. The van der Waals surface area contributed by atoms with Crippen LogP contribution in [-0.2, 0) is 0 Å². The highest BCUT2D eigenvalue weighted by molar-refractivity contribution is 5.93. The molecule has 2 aromatic heterocycles. The van der Waals surface area contributed by atoms with Crippen LogP contribution in [0.25, 0.3) is 11.4 Å². The van der Waals surface area contributed by atoms with Crippen LogP contribution in [0.1, 0.15) is 22.1 Å². The lowest BCUT2D eigenvalue weighted by molar-refractivity contribution is 0.0762. The Morgan fingerprint density at radius 2 is 1.77 bits per heavy atom. The smallest absolute Gasteiger partial charge is 0.271 e. The monoisotopic (exact) mass is 445 g/mol. The molecular formula is C22H25Cl2N5O. The summed E-state index contributed by atoms with van der Waals surface area (Å²) in [5, 5.41) is 7.19. The minimum absolute atomic E-state index is 0. The van der Waals surface area contributed by atoms with Gasteiger partial charge in [0.05, 0.1) is 5.69 Å². The molecule has 0 spiro atoms. The summed E-state index contributed by atoms with van der Waals surface area (Å²) in [5.41, 5.74) is 3.34. The molecule has 3 atom stereocenters. The minimum atomic E-state index is 0. The maximum absolute atomic E-state index is 13.1. The van der Waals surface area contributed by atoms with Crippen LogP contribution in [0, 0.1) is 11.8 Å². The van der Waals surface area contributed by atoms with Crippen molar-refractivity contribution in [1.82, 2.24) is 25.0 Å². The quantitative estimate of drug-likeness (QED) is 0.667. The van der Waals surface area contributed by atoms with Gasteiger partial charge in [-0.05, 0) is 36.7 Å². The van der Waals surface area contributed by atoms with Crippen molar-refractivity contribution in [2.45, 2.75) is 6.04 Å². The van der Waals surface area contributed by atoms with Crippen LogP contribution in [0.3, 0.4) is 0 Å². The lowest BCUT2D eigenvalue weighted by atomic mass is 9.90. The van der Waals surface area contributed by atoms with Gasteiger partial charge in [0.1, 0.15) is 11.4 Å². The number of H-pyrrole nitrogens is 1. The average molecular weight is 446 g/mol. The number of carbonyl (C=O) groups is 1. The van der Waals surface area contributed by atoms with Crippen molar-refractivity contribution in [2.75, 3.05) is 26.7 Å². The minimum Gasteiger partial charge on any atom is -0.337 e. The number of benzene rings is 1. The number of hydrogen-bond acceptors (Lipinski definition) is 4.